The first kappa shape index (κ1) is 19.7. The Kier molecular flexibility index (Phi) is 5.64. The minimum absolute atomic E-state index is 0.0250. The van der Waals surface area contributed by atoms with E-state index in [-0.39, 0.29) is 12.3 Å². The largest absolute Gasteiger partial charge is 0.486 e. The molecule has 0 atom stereocenters. The molecule has 0 spiro atoms. The number of ether oxygens (including phenoxy) is 2. The number of anilines is 1. The standard InChI is InChI=1S/C23H19N3O3S2/c27-22(12-16-15-31-23(25-16)19-5-1-2-8-24-19)26(14-18-4-3-11-30-18)17-6-7-20-21(13-17)29-10-9-28-20/h1-8,11,13,15H,9-10,12,14H2. The molecule has 31 heavy (non-hydrogen) atoms. The van der Waals surface area contributed by atoms with Gasteiger partial charge in [0.05, 0.1) is 24.4 Å². The number of pyridine rings is 1. The van der Waals surface area contributed by atoms with Crippen molar-refractivity contribution in [1.29, 1.82) is 0 Å². The molecule has 0 N–H and O–H groups in total. The Bertz CT molecular complexity index is 1180. The molecule has 0 fully saturated rings. The highest BCUT2D eigenvalue weighted by Crippen LogP contribution is 2.35. The number of thiophene rings is 1. The lowest BCUT2D eigenvalue weighted by atomic mass is 10.2. The molecule has 1 aliphatic heterocycles. The second-order valence-electron chi connectivity index (χ2n) is 6.92. The van der Waals surface area contributed by atoms with Crippen LogP contribution in [0.3, 0.4) is 0 Å². The van der Waals surface area contributed by atoms with Gasteiger partial charge < -0.3 is 14.4 Å². The van der Waals surface area contributed by atoms with Crippen LogP contribution in [0.25, 0.3) is 10.7 Å². The zero-order valence-corrected chi connectivity index (χ0v) is 18.2. The first-order valence-corrected chi connectivity index (χ1v) is 11.6. The smallest absolute Gasteiger partial charge is 0.233 e. The van der Waals surface area contributed by atoms with Crippen molar-refractivity contribution in [2.45, 2.75) is 13.0 Å². The fourth-order valence-electron chi connectivity index (χ4n) is 3.33. The topological polar surface area (TPSA) is 64.6 Å². The lowest BCUT2D eigenvalue weighted by molar-refractivity contribution is -0.118. The number of aromatic nitrogens is 2. The normalized spacial score (nSPS) is 12.5. The minimum Gasteiger partial charge on any atom is -0.486 e. The number of hydrogen-bond acceptors (Lipinski definition) is 7. The zero-order chi connectivity index (χ0) is 21.0. The van der Waals surface area contributed by atoms with Crippen molar-refractivity contribution in [2.75, 3.05) is 18.1 Å². The second kappa shape index (κ2) is 8.87. The minimum atomic E-state index is -0.0250. The lowest BCUT2D eigenvalue weighted by Gasteiger charge is -2.25. The molecule has 5 rings (SSSR count). The Morgan fingerprint density at radius 1 is 1.03 bits per heavy atom. The molecule has 0 saturated heterocycles. The monoisotopic (exact) mass is 449 g/mol. The van der Waals surface area contributed by atoms with Crippen LogP contribution in [0.4, 0.5) is 5.69 Å². The van der Waals surface area contributed by atoms with Crippen LogP contribution in [-0.2, 0) is 17.8 Å². The third-order valence-corrected chi connectivity index (χ3v) is 6.58. The van der Waals surface area contributed by atoms with Gasteiger partial charge in [-0.05, 0) is 35.7 Å². The third kappa shape index (κ3) is 4.45. The van der Waals surface area contributed by atoms with Crippen LogP contribution < -0.4 is 14.4 Å². The molecule has 6 nitrogen and oxygen atoms in total. The van der Waals surface area contributed by atoms with E-state index in [0.29, 0.717) is 31.3 Å². The number of amides is 1. The van der Waals surface area contributed by atoms with Crippen LogP contribution in [0.1, 0.15) is 10.6 Å². The van der Waals surface area contributed by atoms with Crippen molar-refractivity contribution in [3.8, 4) is 22.2 Å². The maximum Gasteiger partial charge on any atom is 0.233 e. The number of thiazole rings is 1. The predicted molar refractivity (Wildman–Crippen MR) is 122 cm³/mol. The Morgan fingerprint density at radius 3 is 2.74 bits per heavy atom. The summed E-state index contributed by atoms with van der Waals surface area (Å²) in [6.07, 6.45) is 1.95. The average Bonchev–Trinajstić information content (AvgIpc) is 3.50. The van der Waals surface area contributed by atoms with E-state index in [0.717, 1.165) is 27.0 Å². The summed E-state index contributed by atoms with van der Waals surface area (Å²) in [6, 6.07) is 15.4. The molecule has 0 saturated carbocycles. The summed E-state index contributed by atoms with van der Waals surface area (Å²) in [5.74, 6) is 1.35. The summed E-state index contributed by atoms with van der Waals surface area (Å²) in [4.78, 5) is 25.2. The maximum atomic E-state index is 13.4. The van der Waals surface area contributed by atoms with Gasteiger partial charge in [0, 0.05) is 28.2 Å². The van der Waals surface area contributed by atoms with E-state index in [1.807, 2.05) is 59.3 Å². The first-order chi connectivity index (χ1) is 15.3. The van der Waals surface area contributed by atoms with Crippen molar-refractivity contribution < 1.29 is 14.3 Å². The molecule has 8 heteroatoms. The van der Waals surface area contributed by atoms with E-state index in [9.17, 15) is 4.79 Å². The van der Waals surface area contributed by atoms with E-state index in [2.05, 4.69) is 9.97 Å². The molecule has 0 aliphatic carbocycles. The summed E-state index contributed by atoms with van der Waals surface area (Å²) in [7, 11) is 0. The molecular formula is C23H19N3O3S2. The molecule has 1 aliphatic rings. The fourth-order valence-corrected chi connectivity index (χ4v) is 4.82. The summed E-state index contributed by atoms with van der Waals surface area (Å²) < 4.78 is 11.3. The fraction of sp³-hybridized carbons (Fsp3) is 0.174. The average molecular weight is 450 g/mol. The number of fused-ring (bicyclic) bond motifs is 1. The van der Waals surface area contributed by atoms with Crippen molar-refractivity contribution in [1.82, 2.24) is 9.97 Å². The van der Waals surface area contributed by atoms with E-state index in [1.54, 1.807) is 22.4 Å². The van der Waals surface area contributed by atoms with Crippen LogP contribution in [0.2, 0.25) is 0 Å². The van der Waals surface area contributed by atoms with Gasteiger partial charge in [0.25, 0.3) is 0 Å². The van der Waals surface area contributed by atoms with Crippen molar-refractivity contribution in [3.63, 3.8) is 0 Å². The Balaban J connectivity index is 1.40. The van der Waals surface area contributed by atoms with Crippen LogP contribution in [-0.4, -0.2) is 29.1 Å². The number of rotatable bonds is 6. The number of carbonyl (C=O) groups is 1. The molecule has 4 heterocycles. The van der Waals surface area contributed by atoms with Crippen LogP contribution in [0.15, 0.2) is 65.5 Å². The highest BCUT2D eigenvalue weighted by Gasteiger charge is 2.21. The van der Waals surface area contributed by atoms with E-state index >= 15 is 0 Å². The van der Waals surface area contributed by atoms with Gasteiger partial charge in [-0.1, -0.05) is 12.1 Å². The van der Waals surface area contributed by atoms with Gasteiger partial charge in [-0.3, -0.25) is 9.78 Å². The van der Waals surface area contributed by atoms with Crippen molar-refractivity contribution >= 4 is 34.3 Å². The van der Waals surface area contributed by atoms with Crippen molar-refractivity contribution in [3.05, 3.63) is 76.1 Å². The summed E-state index contributed by atoms with van der Waals surface area (Å²) >= 11 is 3.13. The molecule has 3 aromatic heterocycles. The highest BCUT2D eigenvalue weighted by molar-refractivity contribution is 7.13. The van der Waals surface area contributed by atoms with E-state index in [1.165, 1.54) is 11.3 Å². The molecule has 0 radical (unpaired) electrons. The Labute approximate surface area is 187 Å². The van der Waals surface area contributed by atoms with Gasteiger partial charge in [-0.2, -0.15) is 0 Å². The molecule has 1 aromatic carbocycles. The summed E-state index contributed by atoms with van der Waals surface area (Å²) in [5, 5.41) is 4.75. The van der Waals surface area contributed by atoms with E-state index < -0.39 is 0 Å². The van der Waals surface area contributed by atoms with Gasteiger partial charge in [-0.25, -0.2) is 4.98 Å². The Hall–Kier alpha value is -3.23. The molecular weight excluding hydrogens is 430 g/mol. The predicted octanol–water partition coefficient (Wildman–Crippen LogP) is 4.81. The number of benzene rings is 1. The summed E-state index contributed by atoms with van der Waals surface area (Å²) in [5.41, 5.74) is 2.33. The highest BCUT2D eigenvalue weighted by atomic mass is 32.1. The maximum absolute atomic E-state index is 13.4. The van der Waals surface area contributed by atoms with Gasteiger partial charge in [0.15, 0.2) is 11.5 Å². The van der Waals surface area contributed by atoms with E-state index in [4.69, 9.17) is 9.47 Å². The number of carbonyl (C=O) groups excluding carboxylic acids is 1. The van der Waals surface area contributed by atoms with Crippen LogP contribution in [0.5, 0.6) is 11.5 Å². The lowest BCUT2D eigenvalue weighted by Crippen LogP contribution is -2.31. The molecule has 4 aromatic rings. The van der Waals surface area contributed by atoms with Gasteiger partial charge in [0.1, 0.15) is 18.2 Å². The van der Waals surface area contributed by atoms with Crippen molar-refractivity contribution in [2.24, 2.45) is 0 Å². The Morgan fingerprint density at radius 2 is 1.94 bits per heavy atom. The molecule has 0 bridgehead atoms. The molecule has 1 amide bonds. The van der Waals surface area contributed by atoms with Gasteiger partial charge >= 0.3 is 0 Å². The number of nitrogens with zero attached hydrogens (tertiary/aromatic N) is 3. The first-order valence-electron chi connectivity index (χ1n) is 9.84. The second-order valence-corrected chi connectivity index (χ2v) is 8.81. The molecule has 0 unspecified atom stereocenters. The summed E-state index contributed by atoms with van der Waals surface area (Å²) in [6.45, 7) is 1.53. The SMILES string of the molecule is O=C(Cc1csc(-c2ccccn2)n1)N(Cc1cccs1)c1ccc2c(c1)OCCO2. The van der Waals surface area contributed by atoms with Crippen LogP contribution in [0, 0.1) is 0 Å². The molecule has 156 valence electrons. The van der Waals surface area contributed by atoms with Gasteiger partial charge in [-0.15, -0.1) is 22.7 Å². The third-order valence-electron chi connectivity index (χ3n) is 4.80. The van der Waals surface area contributed by atoms with Crippen LogP contribution >= 0.6 is 22.7 Å². The number of hydrogen-bond donors (Lipinski definition) is 0. The zero-order valence-electron chi connectivity index (χ0n) is 16.6. The van der Waals surface area contributed by atoms with Gasteiger partial charge in [0.2, 0.25) is 5.91 Å². The quantitative estimate of drug-likeness (QED) is 0.423.